The van der Waals surface area contributed by atoms with Gasteiger partial charge >= 0.3 is 5.97 Å². The van der Waals surface area contributed by atoms with Gasteiger partial charge in [0.25, 0.3) is 0 Å². The molecule has 0 aliphatic carbocycles. The summed E-state index contributed by atoms with van der Waals surface area (Å²) >= 11 is 0. The first-order chi connectivity index (χ1) is 7.90. The molecule has 1 aromatic rings. The van der Waals surface area contributed by atoms with E-state index in [2.05, 4.69) is 0 Å². The first kappa shape index (κ1) is 13.2. The molecule has 0 saturated heterocycles. The number of ether oxygens (including phenoxy) is 1. The highest BCUT2D eigenvalue weighted by molar-refractivity contribution is 5.87. The molecular weight excluding hydrogens is 216 g/mol. The van der Waals surface area contributed by atoms with Gasteiger partial charge in [0.05, 0.1) is 0 Å². The summed E-state index contributed by atoms with van der Waals surface area (Å²) in [6.07, 6.45) is 3.81. The monoisotopic (exact) mass is 232 g/mol. The Kier molecular flexibility index (Phi) is 4.21. The van der Waals surface area contributed by atoms with Gasteiger partial charge in [-0.1, -0.05) is 24.3 Å². The molecule has 0 aliphatic heterocycles. The molecule has 0 N–H and O–H groups in total. The van der Waals surface area contributed by atoms with Crippen molar-refractivity contribution in [2.45, 2.75) is 26.4 Å². The first-order valence-corrected chi connectivity index (χ1v) is 5.37. The van der Waals surface area contributed by atoms with Crippen LogP contribution in [0.15, 0.2) is 30.3 Å². The highest BCUT2D eigenvalue weighted by atomic mass is 16.6. The molecule has 0 atom stereocenters. The zero-order valence-corrected chi connectivity index (χ0v) is 10.3. The topological polar surface area (TPSA) is 43.4 Å². The second-order valence-corrected chi connectivity index (χ2v) is 4.65. The van der Waals surface area contributed by atoms with Gasteiger partial charge in [-0.25, -0.2) is 4.79 Å². The molecule has 0 spiro atoms. The molecule has 0 aromatic heterocycles. The second kappa shape index (κ2) is 5.43. The molecule has 0 unspecified atom stereocenters. The zero-order valence-electron chi connectivity index (χ0n) is 10.3. The van der Waals surface area contributed by atoms with E-state index in [-0.39, 0.29) is 5.97 Å². The molecule has 1 aromatic carbocycles. The fourth-order valence-electron chi connectivity index (χ4n) is 1.19. The summed E-state index contributed by atoms with van der Waals surface area (Å²) in [6.45, 7) is 5.45. The fourth-order valence-corrected chi connectivity index (χ4v) is 1.19. The highest BCUT2D eigenvalue weighted by Crippen LogP contribution is 2.09. The lowest BCUT2D eigenvalue weighted by Gasteiger charge is -2.17. The third kappa shape index (κ3) is 5.11. The minimum Gasteiger partial charge on any atom is -0.457 e. The van der Waals surface area contributed by atoms with E-state index in [0.717, 1.165) is 11.8 Å². The fraction of sp³-hybridized carbons (Fsp3) is 0.286. The molecule has 3 nitrogen and oxygen atoms in total. The van der Waals surface area contributed by atoms with Crippen LogP contribution >= 0.6 is 0 Å². The van der Waals surface area contributed by atoms with Gasteiger partial charge in [-0.3, -0.25) is 4.79 Å². The van der Waals surface area contributed by atoms with Gasteiger partial charge in [0.15, 0.2) is 0 Å². The molecule has 3 heteroatoms. The number of benzene rings is 1. The van der Waals surface area contributed by atoms with Crippen LogP contribution in [-0.4, -0.2) is 17.9 Å². The van der Waals surface area contributed by atoms with E-state index in [1.807, 2.05) is 20.8 Å². The number of hydrogen-bond donors (Lipinski definition) is 0. The van der Waals surface area contributed by atoms with Gasteiger partial charge in [0.1, 0.15) is 11.9 Å². The van der Waals surface area contributed by atoms with Crippen molar-refractivity contribution >= 4 is 18.3 Å². The predicted molar refractivity (Wildman–Crippen MR) is 66.7 cm³/mol. The quantitative estimate of drug-likeness (QED) is 0.457. The summed E-state index contributed by atoms with van der Waals surface area (Å²) in [7, 11) is 0. The van der Waals surface area contributed by atoms with E-state index >= 15 is 0 Å². The van der Waals surface area contributed by atoms with Gasteiger partial charge in [-0.2, -0.15) is 0 Å². The number of hydrogen-bond acceptors (Lipinski definition) is 3. The van der Waals surface area contributed by atoms with Crippen molar-refractivity contribution in [1.82, 2.24) is 0 Å². The summed E-state index contributed by atoms with van der Waals surface area (Å²) in [5, 5.41) is 0. The van der Waals surface area contributed by atoms with E-state index in [1.54, 1.807) is 30.3 Å². The summed E-state index contributed by atoms with van der Waals surface area (Å²) in [5.41, 5.74) is 0.976. The largest absolute Gasteiger partial charge is 0.457 e. The molecule has 17 heavy (non-hydrogen) atoms. The molecule has 0 saturated carbocycles. The third-order valence-corrected chi connectivity index (χ3v) is 1.89. The lowest BCUT2D eigenvalue weighted by atomic mass is 10.1. The van der Waals surface area contributed by atoms with E-state index < -0.39 is 5.60 Å². The van der Waals surface area contributed by atoms with Crippen LogP contribution in [0.4, 0.5) is 0 Å². The van der Waals surface area contributed by atoms with Crippen LogP contribution in [0.25, 0.3) is 6.08 Å². The Morgan fingerprint density at radius 1 is 1.12 bits per heavy atom. The van der Waals surface area contributed by atoms with Gasteiger partial charge < -0.3 is 4.74 Å². The Morgan fingerprint density at radius 3 is 2.12 bits per heavy atom. The highest BCUT2D eigenvalue weighted by Gasteiger charge is 2.13. The number of aldehydes is 1. The standard InChI is InChI=1S/C14H16O3/c1-14(2,3)17-13(16)9-8-11-4-6-12(10-15)7-5-11/h4-10H,1-3H3/b9-8+. The molecule has 90 valence electrons. The molecular formula is C14H16O3. The normalized spacial score (nSPS) is 11.5. The number of rotatable bonds is 3. The number of carbonyl (C=O) groups is 2. The van der Waals surface area contributed by atoms with Crippen molar-refractivity contribution in [2.75, 3.05) is 0 Å². The molecule has 0 radical (unpaired) electrons. The third-order valence-electron chi connectivity index (χ3n) is 1.89. The predicted octanol–water partition coefficient (Wildman–Crippen LogP) is 2.85. The lowest BCUT2D eigenvalue weighted by molar-refractivity contribution is -0.148. The van der Waals surface area contributed by atoms with Crippen molar-refractivity contribution < 1.29 is 14.3 Å². The van der Waals surface area contributed by atoms with Crippen LogP contribution in [-0.2, 0) is 9.53 Å². The van der Waals surface area contributed by atoms with E-state index in [4.69, 9.17) is 4.74 Å². The van der Waals surface area contributed by atoms with Crippen molar-refractivity contribution in [1.29, 1.82) is 0 Å². The average molecular weight is 232 g/mol. The number of esters is 1. The summed E-state index contributed by atoms with van der Waals surface area (Å²) in [6, 6.07) is 6.93. The van der Waals surface area contributed by atoms with Crippen LogP contribution in [0.3, 0.4) is 0 Å². The van der Waals surface area contributed by atoms with Crippen LogP contribution < -0.4 is 0 Å². The maximum absolute atomic E-state index is 11.4. The average Bonchev–Trinajstić information content (AvgIpc) is 2.25. The Balaban J connectivity index is 2.64. The van der Waals surface area contributed by atoms with E-state index in [9.17, 15) is 9.59 Å². The molecule has 0 aliphatic rings. The molecule has 1 rings (SSSR count). The van der Waals surface area contributed by atoms with E-state index in [1.165, 1.54) is 6.08 Å². The van der Waals surface area contributed by atoms with Gasteiger partial charge in [-0.15, -0.1) is 0 Å². The Bertz CT molecular complexity index is 422. The van der Waals surface area contributed by atoms with Crippen LogP contribution in [0.5, 0.6) is 0 Å². The van der Waals surface area contributed by atoms with Crippen LogP contribution in [0, 0.1) is 0 Å². The van der Waals surface area contributed by atoms with Crippen LogP contribution in [0.2, 0.25) is 0 Å². The summed E-state index contributed by atoms with van der Waals surface area (Å²) in [5.74, 6) is -0.378. The van der Waals surface area contributed by atoms with Gasteiger partial charge in [0, 0.05) is 11.6 Å². The minimum atomic E-state index is -0.483. The Labute approximate surface area is 101 Å². The Morgan fingerprint density at radius 2 is 1.65 bits per heavy atom. The smallest absolute Gasteiger partial charge is 0.331 e. The van der Waals surface area contributed by atoms with Crippen molar-refractivity contribution in [3.05, 3.63) is 41.5 Å². The van der Waals surface area contributed by atoms with Crippen molar-refractivity contribution in [3.8, 4) is 0 Å². The molecule has 0 heterocycles. The maximum Gasteiger partial charge on any atom is 0.331 e. The van der Waals surface area contributed by atoms with Gasteiger partial charge in [-0.05, 0) is 32.4 Å². The van der Waals surface area contributed by atoms with Crippen LogP contribution in [0.1, 0.15) is 36.7 Å². The maximum atomic E-state index is 11.4. The summed E-state index contributed by atoms with van der Waals surface area (Å²) < 4.78 is 5.12. The Hall–Kier alpha value is -1.90. The van der Waals surface area contributed by atoms with Crippen molar-refractivity contribution in [3.63, 3.8) is 0 Å². The molecule has 0 amide bonds. The van der Waals surface area contributed by atoms with Crippen molar-refractivity contribution in [2.24, 2.45) is 0 Å². The lowest BCUT2D eigenvalue weighted by Crippen LogP contribution is -2.22. The van der Waals surface area contributed by atoms with E-state index in [0.29, 0.717) is 5.56 Å². The SMILES string of the molecule is CC(C)(C)OC(=O)/C=C/c1ccc(C=O)cc1. The summed E-state index contributed by atoms with van der Waals surface area (Å²) in [4.78, 5) is 21.8. The number of carbonyl (C=O) groups excluding carboxylic acids is 2. The zero-order chi connectivity index (χ0) is 12.9. The minimum absolute atomic E-state index is 0.378. The second-order valence-electron chi connectivity index (χ2n) is 4.65. The first-order valence-electron chi connectivity index (χ1n) is 5.37. The molecule has 0 fully saturated rings. The molecule has 0 bridgehead atoms. The van der Waals surface area contributed by atoms with Gasteiger partial charge in [0.2, 0.25) is 0 Å².